The minimum absolute atomic E-state index is 0.0677. The SMILES string of the molecule is O=C(NC1CCN(Cc2ccccn2)CC1)[C@H]1CCCN(C(=O)N2CCCC2)C1. The number of rotatable bonds is 4. The van der Waals surface area contributed by atoms with E-state index >= 15 is 0 Å². The number of amides is 3. The van der Waals surface area contributed by atoms with E-state index in [4.69, 9.17) is 0 Å². The number of piperidine rings is 2. The molecule has 3 fully saturated rings. The summed E-state index contributed by atoms with van der Waals surface area (Å²) in [5.41, 5.74) is 1.10. The zero-order valence-corrected chi connectivity index (χ0v) is 17.3. The molecule has 29 heavy (non-hydrogen) atoms. The Kier molecular flexibility index (Phi) is 6.64. The van der Waals surface area contributed by atoms with E-state index in [0.29, 0.717) is 6.54 Å². The molecule has 3 saturated heterocycles. The number of aromatic nitrogens is 1. The topological polar surface area (TPSA) is 68.8 Å². The van der Waals surface area contributed by atoms with Crippen LogP contribution in [0.4, 0.5) is 4.79 Å². The molecule has 0 aliphatic carbocycles. The molecule has 0 unspecified atom stereocenters. The van der Waals surface area contributed by atoms with Crippen molar-refractivity contribution in [3.63, 3.8) is 0 Å². The Hall–Kier alpha value is -2.15. The number of likely N-dealkylation sites (tertiary alicyclic amines) is 3. The molecule has 1 atom stereocenters. The molecular formula is C22H33N5O2. The van der Waals surface area contributed by atoms with Gasteiger partial charge in [0.1, 0.15) is 0 Å². The van der Waals surface area contributed by atoms with E-state index in [0.717, 1.165) is 83.5 Å². The number of carbonyl (C=O) groups excluding carboxylic acids is 2. The van der Waals surface area contributed by atoms with Crippen molar-refractivity contribution in [2.45, 2.75) is 51.1 Å². The molecule has 3 aliphatic heterocycles. The number of pyridine rings is 1. The van der Waals surface area contributed by atoms with Crippen molar-refractivity contribution >= 4 is 11.9 Å². The van der Waals surface area contributed by atoms with E-state index in [1.165, 1.54) is 0 Å². The second-order valence-electron chi connectivity index (χ2n) is 8.64. The summed E-state index contributed by atoms with van der Waals surface area (Å²) in [6, 6.07) is 6.40. The summed E-state index contributed by atoms with van der Waals surface area (Å²) in [6.45, 7) is 5.91. The maximum Gasteiger partial charge on any atom is 0.320 e. The second kappa shape index (κ2) is 9.57. The van der Waals surface area contributed by atoms with E-state index in [-0.39, 0.29) is 23.9 Å². The van der Waals surface area contributed by atoms with Crippen LogP contribution in [0.3, 0.4) is 0 Å². The Morgan fingerprint density at radius 2 is 1.72 bits per heavy atom. The molecule has 0 radical (unpaired) electrons. The zero-order valence-electron chi connectivity index (χ0n) is 17.3. The Balaban J connectivity index is 1.21. The fourth-order valence-corrected chi connectivity index (χ4v) is 4.75. The summed E-state index contributed by atoms with van der Waals surface area (Å²) in [5, 5.41) is 3.27. The zero-order chi connectivity index (χ0) is 20.1. The Labute approximate surface area is 173 Å². The van der Waals surface area contributed by atoms with E-state index < -0.39 is 0 Å². The van der Waals surface area contributed by atoms with Gasteiger partial charge in [-0.15, -0.1) is 0 Å². The quantitative estimate of drug-likeness (QED) is 0.842. The molecule has 158 valence electrons. The predicted molar refractivity (Wildman–Crippen MR) is 111 cm³/mol. The van der Waals surface area contributed by atoms with Crippen LogP contribution in [-0.2, 0) is 11.3 Å². The fraction of sp³-hybridized carbons (Fsp3) is 0.682. The summed E-state index contributed by atoms with van der Waals surface area (Å²) in [7, 11) is 0. The summed E-state index contributed by atoms with van der Waals surface area (Å²) in [6.07, 6.45) is 7.78. The third-order valence-corrected chi connectivity index (χ3v) is 6.48. The molecule has 4 rings (SSSR count). The number of hydrogen-bond donors (Lipinski definition) is 1. The maximum absolute atomic E-state index is 12.8. The number of nitrogens with one attached hydrogen (secondary N) is 1. The molecule has 3 aliphatic rings. The lowest BCUT2D eigenvalue weighted by molar-refractivity contribution is -0.127. The number of carbonyl (C=O) groups is 2. The predicted octanol–water partition coefficient (Wildman–Crippen LogP) is 2.09. The monoisotopic (exact) mass is 399 g/mol. The van der Waals surface area contributed by atoms with Gasteiger partial charge in [0.2, 0.25) is 5.91 Å². The van der Waals surface area contributed by atoms with Crippen molar-refractivity contribution in [1.29, 1.82) is 0 Å². The highest BCUT2D eigenvalue weighted by atomic mass is 16.2. The van der Waals surface area contributed by atoms with Crippen molar-refractivity contribution < 1.29 is 9.59 Å². The van der Waals surface area contributed by atoms with Crippen molar-refractivity contribution in [3.8, 4) is 0 Å². The van der Waals surface area contributed by atoms with E-state index in [1.807, 2.05) is 28.1 Å². The highest BCUT2D eigenvalue weighted by Crippen LogP contribution is 2.21. The van der Waals surface area contributed by atoms with Crippen LogP contribution in [0.15, 0.2) is 24.4 Å². The van der Waals surface area contributed by atoms with E-state index in [2.05, 4.69) is 21.3 Å². The van der Waals surface area contributed by atoms with Crippen molar-refractivity contribution in [1.82, 2.24) is 25.0 Å². The summed E-state index contributed by atoms with van der Waals surface area (Å²) in [4.78, 5) is 36.1. The lowest BCUT2D eigenvalue weighted by atomic mass is 9.96. The second-order valence-corrected chi connectivity index (χ2v) is 8.64. The van der Waals surface area contributed by atoms with Gasteiger partial charge in [0.25, 0.3) is 0 Å². The molecule has 7 heteroatoms. The normalized spacial score (nSPS) is 23.9. The van der Waals surface area contributed by atoms with Crippen LogP contribution in [0, 0.1) is 5.92 Å². The van der Waals surface area contributed by atoms with E-state index in [9.17, 15) is 9.59 Å². The standard InChI is InChI=1S/C22H33N5O2/c28-21(18-6-5-13-27(16-18)22(29)26-11-3-4-12-26)24-19-8-14-25(15-9-19)17-20-7-1-2-10-23-20/h1-2,7,10,18-19H,3-6,8-9,11-17H2,(H,24,28)/t18-/m0/s1. The lowest BCUT2D eigenvalue weighted by Crippen LogP contribution is -2.52. The molecule has 0 aromatic carbocycles. The van der Waals surface area contributed by atoms with Gasteiger partial charge in [-0.2, -0.15) is 0 Å². The van der Waals surface area contributed by atoms with Crippen molar-refractivity contribution in [2.24, 2.45) is 5.92 Å². The average molecular weight is 400 g/mol. The number of urea groups is 1. The lowest BCUT2D eigenvalue weighted by Gasteiger charge is -2.36. The van der Waals surface area contributed by atoms with Crippen molar-refractivity contribution in [2.75, 3.05) is 39.3 Å². The Bertz CT molecular complexity index is 684. The molecule has 0 saturated carbocycles. The van der Waals surface area contributed by atoms with Crippen molar-refractivity contribution in [3.05, 3.63) is 30.1 Å². The van der Waals surface area contributed by atoms with Crippen LogP contribution >= 0.6 is 0 Å². The molecule has 4 heterocycles. The summed E-state index contributed by atoms with van der Waals surface area (Å²) in [5.74, 6) is 0.0638. The minimum Gasteiger partial charge on any atom is -0.353 e. The highest BCUT2D eigenvalue weighted by molar-refractivity contribution is 5.81. The Morgan fingerprint density at radius 3 is 2.45 bits per heavy atom. The first-order valence-corrected chi connectivity index (χ1v) is 11.2. The van der Waals surface area contributed by atoms with Gasteiger partial charge in [-0.1, -0.05) is 6.07 Å². The maximum atomic E-state index is 12.8. The number of nitrogens with zero attached hydrogens (tertiary/aromatic N) is 4. The molecule has 1 aromatic rings. The van der Waals surface area contributed by atoms with Gasteiger partial charge in [0.05, 0.1) is 11.6 Å². The largest absolute Gasteiger partial charge is 0.353 e. The average Bonchev–Trinajstić information content (AvgIpc) is 3.30. The summed E-state index contributed by atoms with van der Waals surface area (Å²) >= 11 is 0. The molecule has 7 nitrogen and oxygen atoms in total. The molecule has 0 spiro atoms. The van der Waals surface area contributed by atoms with Gasteiger partial charge in [-0.05, 0) is 50.7 Å². The summed E-state index contributed by atoms with van der Waals surface area (Å²) < 4.78 is 0. The molecule has 0 bridgehead atoms. The van der Waals surface area contributed by atoms with Crippen LogP contribution in [0.1, 0.15) is 44.2 Å². The van der Waals surface area contributed by atoms with E-state index in [1.54, 1.807) is 0 Å². The minimum atomic E-state index is -0.0677. The van der Waals surface area contributed by atoms with Crippen LogP contribution in [-0.4, -0.2) is 76.9 Å². The Morgan fingerprint density at radius 1 is 0.966 bits per heavy atom. The first-order chi connectivity index (χ1) is 14.2. The third-order valence-electron chi connectivity index (χ3n) is 6.48. The number of hydrogen-bond acceptors (Lipinski definition) is 4. The smallest absolute Gasteiger partial charge is 0.320 e. The first-order valence-electron chi connectivity index (χ1n) is 11.2. The van der Waals surface area contributed by atoms with Crippen LogP contribution in [0.2, 0.25) is 0 Å². The van der Waals surface area contributed by atoms with Crippen LogP contribution < -0.4 is 5.32 Å². The molecule has 1 aromatic heterocycles. The molecular weight excluding hydrogens is 366 g/mol. The van der Waals surface area contributed by atoms with Gasteiger partial charge in [0.15, 0.2) is 0 Å². The van der Waals surface area contributed by atoms with Gasteiger partial charge in [0, 0.05) is 58.1 Å². The van der Waals surface area contributed by atoms with Gasteiger partial charge < -0.3 is 15.1 Å². The van der Waals surface area contributed by atoms with Gasteiger partial charge >= 0.3 is 6.03 Å². The fourth-order valence-electron chi connectivity index (χ4n) is 4.75. The van der Waals surface area contributed by atoms with Crippen LogP contribution in [0.25, 0.3) is 0 Å². The van der Waals surface area contributed by atoms with Crippen LogP contribution in [0.5, 0.6) is 0 Å². The third kappa shape index (κ3) is 5.26. The van der Waals surface area contributed by atoms with Gasteiger partial charge in [-0.25, -0.2) is 4.79 Å². The first kappa shape index (κ1) is 20.1. The molecule has 3 amide bonds. The molecule has 1 N–H and O–H groups in total. The van der Waals surface area contributed by atoms with Gasteiger partial charge in [-0.3, -0.25) is 14.7 Å². The highest BCUT2D eigenvalue weighted by Gasteiger charge is 2.32.